The van der Waals surface area contributed by atoms with Crippen LogP contribution in [0.15, 0.2) is 0 Å². The van der Waals surface area contributed by atoms with Crippen LogP contribution in [-0.2, 0) is 4.79 Å². The second kappa shape index (κ2) is 6.26. The fourth-order valence-corrected chi connectivity index (χ4v) is 2.58. The fraction of sp³-hybridized carbons (Fsp3) is 0.923. The lowest BCUT2D eigenvalue weighted by Gasteiger charge is -2.28. The van der Waals surface area contributed by atoms with Gasteiger partial charge >= 0.3 is 0 Å². The van der Waals surface area contributed by atoms with Crippen molar-refractivity contribution < 1.29 is 4.79 Å². The summed E-state index contributed by atoms with van der Waals surface area (Å²) in [5, 5.41) is 0. The summed E-state index contributed by atoms with van der Waals surface area (Å²) in [6.45, 7) is 3.92. The van der Waals surface area contributed by atoms with Gasteiger partial charge in [-0.1, -0.05) is 39.0 Å². The van der Waals surface area contributed by atoms with E-state index in [9.17, 15) is 4.79 Å². The Morgan fingerprint density at radius 1 is 1.27 bits per heavy atom. The molecule has 2 heteroatoms. The monoisotopic (exact) mass is 211 g/mol. The van der Waals surface area contributed by atoms with Crippen molar-refractivity contribution in [2.45, 2.75) is 64.8 Å². The predicted octanol–water partition coefficient (Wildman–Crippen LogP) is 2.90. The minimum Gasteiger partial charge on any atom is -0.322 e. The van der Waals surface area contributed by atoms with E-state index in [0.717, 1.165) is 24.7 Å². The molecule has 0 radical (unpaired) electrons. The molecule has 0 aromatic rings. The molecular weight excluding hydrogens is 186 g/mol. The van der Waals surface area contributed by atoms with Gasteiger partial charge in [0.25, 0.3) is 0 Å². The highest BCUT2D eigenvalue weighted by Crippen LogP contribution is 2.32. The van der Waals surface area contributed by atoms with Crippen molar-refractivity contribution >= 4 is 5.78 Å². The Labute approximate surface area is 93.6 Å². The van der Waals surface area contributed by atoms with Gasteiger partial charge in [0.1, 0.15) is 5.78 Å². The first kappa shape index (κ1) is 12.7. The van der Waals surface area contributed by atoms with Crippen LogP contribution in [0.2, 0.25) is 0 Å². The van der Waals surface area contributed by atoms with Crippen LogP contribution >= 0.6 is 0 Å². The second-order valence-electron chi connectivity index (χ2n) is 5.17. The van der Waals surface area contributed by atoms with Gasteiger partial charge in [-0.25, -0.2) is 0 Å². The molecule has 0 saturated heterocycles. The van der Waals surface area contributed by atoms with E-state index < -0.39 is 0 Å². The van der Waals surface area contributed by atoms with Crippen LogP contribution < -0.4 is 5.73 Å². The molecule has 0 aromatic heterocycles. The predicted molar refractivity (Wildman–Crippen MR) is 63.6 cm³/mol. The lowest BCUT2D eigenvalue weighted by Crippen LogP contribution is -2.29. The maximum Gasteiger partial charge on any atom is 0.146 e. The first-order chi connectivity index (χ1) is 7.11. The molecule has 2 nitrogen and oxygen atoms in total. The lowest BCUT2D eigenvalue weighted by atomic mass is 9.78. The van der Waals surface area contributed by atoms with Crippen LogP contribution in [0, 0.1) is 11.8 Å². The molecule has 1 aliphatic rings. The SMILES string of the molecule is CC(=O)[C@@H](N)CC[C@H](C)C1CCCCC1. The minimum absolute atomic E-state index is 0.130. The zero-order valence-corrected chi connectivity index (χ0v) is 10.2. The number of Topliss-reactive ketones (excluding diaryl/α,β-unsaturated/α-hetero) is 1. The molecule has 0 amide bonds. The Kier molecular flexibility index (Phi) is 5.30. The normalized spacial score (nSPS) is 22.3. The van der Waals surface area contributed by atoms with E-state index in [2.05, 4.69) is 6.92 Å². The van der Waals surface area contributed by atoms with Gasteiger partial charge in [-0.2, -0.15) is 0 Å². The molecule has 2 atom stereocenters. The topological polar surface area (TPSA) is 43.1 Å². The van der Waals surface area contributed by atoms with E-state index >= 15 is 0 Å². The number of nitrogens with two attached hydrogens (primary N) is 1. The maximum absolute atomic E-state index is 11.0. The first-order valence-electron chi connectivity index (χ1n) is 6.37. The second-order valence-corrected chi connectivity index (χ2v) is 5.17. The van der Waals surface area contributed by atoms with Gasteiger partial charge in [0.15, 0.2) is 0 Å². The van der Waals surface area contributed by atoms with Gasteiger partial charge in [-0.15, -0.1) is 0 Å². The Morgan fingerprint density at radius 3 is 2.40 bits per heavy atom. The number of ketones is 1. The van der Waals surface area contributed by atoms with E-state index in [1.807, 2.05) is 0 Å². The van der Waals surface area contributed by atoms with Gasteiger partial charge in [0.05, 0.1) is 6.04 Å². The van der Waals surface area contributed by atoms with Crippen molar-refractivity contribution in [3.8, 4) is 0 Å². The summed E-state index contributed by atoms with van der Waals surface area (Å²) < 4.78 is 0. The van der Waals surface area contributed by atoms with E-state index in [0.29, 0.717) is 0 Å². The smallest absolute Gasteiger partial charge is 0.146 e. The molecule has 0 bridgehead atoms. The lowest BCUT2D eigenvalue weighted by molar-refractivity contribution is -0.118. The quantitative estimate of drug-likeness (QED) is 0.760. The summed E-state index contributed by atoms with van der Waals surface area (Å²) in [6, 6.07) is -0.226. The third-order valence-corrected chi connectivity index (χ3v) is 3.91. The maximum atomic E-state index is 11.0. The van der Waals surface area contributed by atoms with E-state index in [4.69, 9.17) is 5.73 Å². The molecule has 1 aliphatic carbocycles. The molecule has 0 heterocycles. The van der Waals surface area contributed by atoms with Crippen molar-refractivity contribution in [3.05, 3.63) is 0 Å². The zero-order chi connectivity index (χ0) is 11.3. The van der Waals surface area contributed by atoms with E-state index in [1.165, 1.54) is 32.1 Å². The molecule has 1 saturated carbocycles. The van der Waals surface area contributed by atoms with Gasteiger partial charge < -0.3 is 5.73 Å². The molecule has 1 fully saturated rings. The average molecular weight is 211 g/mol. The molecule has 88 valence electrons. The first-order valence-corrected chi connectivity index (χ1v) is 6.37. The van der Waals surface area contributed by atoms with Crippen molar-refractivity contribution in [1.82, 2.24) is 0 Å². The Hall–Kier alpha value is -0.370. The van der Waals surface area contributed by atoms with Crippen LogP contribution in [0.25, 0.3) is 0 Å². The van der Waals surface area contributed by atoms with E-state index in [-0.39, 0.29) is 11.8 Å². The summed E-state index contributed by atoms with van der Waals surface area (Å²) in [5.41, 5.74) is 5.74. The largest absolute Gasteiger partial charge is 0.322 e. The van der Waals surface area contributed by atoms with Gasteiger partial charge in [0, 0.05) is 0 Å². The number of hydrogen-bond donors (Lipinski definition) is 1. The molecule has 0 unspecified atom stereocenters. The average Bonchev–Trinajstić information content (AvgIpc) is 2.26. The molecule has 1 rings (SSSR count). The van der Waals surface area contributed by atoms with E-state index in [1.54, 1.807) is 6.92 Å². The van der Waals surface area contributed by atoms with Crippen LogP contribution in [0.3, 0.4) is 0 Å². The minimum atomic E-state index is -0.226. The Morgan fingerprint density at radius 2 is 1.87 bits per heavy atom. The molecule has 2 N–H and O–H groups in total. The van der Waals surface area contributed by atoms with Gasteiger partial charge in [-0.05, 0) is 31.6 Å². The number of carbonyl (C=O) groups excluding carboxylic acids is 1. The van der Waals surface area contributed by atoms with Crippen LogP contribution in [-0.4, -0.2) is 11.8 Å². The van der Waals surface area contributed by atoms with Crippen molar-refractivity contribution in [2.24, 2.45) is 17.6 Å². The summed E-state index contributed by atoms with van der Waals surface area (Å²) >= 11 is 0. The highest BCUT2D eigenvalue weighted by atomic mass is 16.1. The van der Waals surface area contributed by atoms with Gasteiger partial charge in [-0.3, -0.25) is 4.79 Å². The highest BCUT2D eigenvalue weighted by molar-refractivity contribution is 5.81. The van der Waals surface area contributed by atoms with Gasteiger partial charge in [0.2, 0.25) is 0 Å². The van der Waals surface area contributed by atoms with Crippen LogP contribution in [0.1, 0.15) is 58.8 Å². The number of rotatable bonds is 5. The summed E-state index contributed by atoms with van der Waals surface area (Å²) in [4.78, 5) is 11.0. The molecule has 0 spiro atoms. The standard InChI is InChI=1S/C13H25NO/c1-10(8-9-13(14)11(2)15)12-6-4-3-5-7-12/h10,12-13H,3-9,14H2,1-2H3/t10-,13-/m0/s1. The zero-order valence-electron chi connectivity index (χ0n) is 10.2. The molecule has 15 heavy (non-hydrogen) atoms. The van der Waals surface area contributed by atoms with Crippen LogP contribution in [0.4, 0.5) is 0 Å². The molecule has 0 aromatic carbocycles. The summed E-state index contributed by atoms with van der Waals surface area (Å²) in [6.07, 6.45) is 8.96. The Bertz CT molecular complexity index is 197. The van der Waals surface area contributed by atoms with Crippen molar-refractivity contribution in [2.75, 3.05) is 0 Å². The number of carbonyl (C=O) groups is 1. The third kappa shape index (κ3) is 4.33. The Balaban J connectivity index is 2.22. The third-order valence-electron chi connectivity index (χ3n) is 3.91. The van der Waals surface area contributed by atoms with Crippen molar-refractivity contribution in [3.63, 3.8) is 0 Å². The summed E-state index contributed by atoms with van der Waals surface area (Å²) in [7, 11) is 0. The summed E-state index contributed by atoms with van der Waals surface area (Å²) in [5.74, 6) is 1.76. The number of hydrogen-bond acceptors (Lipinski definition) is 2. The highest BCUT2D eigenvalue weighted by Gasteiger charge is 2.20. The van der Waals surface area contributed by atoms with Crippen LogP contribution in [0.5, 0.6) is 0 Å². The van der Waals surface area contributed by atoms with Crippen molar-refractivity contribution in [1.29, 1.82) is 0 Å². The fourth-order valence-electron chi connectivity index (χ4n) is 2.58. The molecular formula is C13H25NO. The molecule has 0 aliphatic heterocycles.